The van der Waals surface area contributed by atoms with Gasteiger partial charge in [0.05, 0.1) is 0 Å². The Hall–Kier alpha value is -1.89. The molecule has 0 bridgehead atoms. The van der Waals surface area contributed by atoms with E-state index in [1.807, 2.05) is 42.5 Å². The van der Waals surface area contributed by atoms with E-state index in [1.54, 1.807) is 0 Å². The molecule has 0 aliphatic heterocycles. The zero-order chi connectivity index (χ0) is 10.5. The van der Waals surface area contributed by atoms with Crippen LogP contribution in [-0.2, 0) is 0 Å². The van der Waals surface area contributed by atoms with Crippen LogP contribution in [-0.4, -0.2) is 5.71 Å². The molecule has 2 rings (SSSR count). The summed E-state index contributed by atoms with van der Waals surface area (Å²) in [5, 5.41) is 7.72. The Morgan fingerprint density at radius 3 is 2.60 bits per heavy atom. The van der Waals surface area contributed by atoms with Crippen molar-refractivity contribution in [1.29, 1.82) is 5.41 Å². The first-order valence-corrected chi connectivity index (χ1v) is 5.03. The van der Waals surface area contributed by atoms with Crippen LogP contribution in [0.25, 0.3) is 6.08 Å². The molecule has 0 spiro atoms. The van der Waals surface area contributed by atoms with E-state index in [0.29, 0.717) is 5.71 Å². The Kier molecular flexibility index (Phi) is 2.93. The molecule has 0 radical (unpaired) electrons. The van der Waals surface area contributed by atoms with Crippen molar-refractivity contribution in [3.8, 4) is 0 Å². The molecule has 0 fully saturated rings. The monoisotopic (exact) mass is 195 g/mol. The summed E-state index contributed by atoms with van der Waals surface area (Å²) in [5.41, 5.74) is 1.82. The van der Waals surface area contributed by atoms with Gasteiger partial charge in [0.1, 0.15) is 0 Å². The van der Waals surface area contributed by atoms with Crippen LogP contribution >= 0.6 is 0 Å². The van der Waals surface area contributed by atoms with E-state index in [1.165, 1.54) is 5.56 Å². The summed E-state index contributed by atoms with van der Waals surface area (Å²) in [5.74, 6) is 0.121. The van der Waals surface area contributed by atoms with E-state index in [0.717, 1.165) is 0 Å². The van der Waals surface area contributed by atoms with Crippen LogP contribution in [0.3, 0.4) is 0 Å². The minimum atomic E-state index is 0.121. The molecule has 0 heterocycles. The highest BCUT2D eigenvalue weighted by atomic mass is 14.4. The van der Waals surface area contributed by atoms with Crippen molar-refractivity contribution in [2.75, 3.05) is 0 Å². The fourth-order valence-electron chi connectivity index (χ4n) is 1.50. The summed E-state index contributed by atoms with van der Waals surface area (Å²) in [6.07, 6.45) is 11.9. The smallest absolute Gasteiger partial charge is 0.0420 e. The normalized spacial score (nSPS) is 20.0. The minimum absolute atomic E-state index is 0.121. The lowest BCUT2D eigenvalue weighted by atomic mass is 9.97. The van der Waals surface area contributed by atoms with E-state index in [-0.39, 0.29) is 5.92 Å². The van der Waals surface area contributed by atoms with E-state index in [2.05, 4.69) is 24.3 Å². The molecule has 1 heteroatoms. The molecule has 0 saturated carbocycles. The van der Waals surface area contributed by atoms with Crippen LogP contribution in [0.15, 0.2) is 60.7 Å². The lowest BCUT2D eigenvalue weighted by Crippen LogP contribution is -2.07. The van der Waals surface area contributed by atoms with Gasteiger partial charge in [0.15, 0.2) is 0 Å². The molecular weight excluding hydrogens is 182 g/mol. The Labute approximate surface area is 90.0 Å². The van der Waals surface area contributed by atoms with Gasteiger partial charge < -0.3 is 5.41 Å². The van der Waals surface area contributed by atoms with Gasteiger partial charge in [-0.05, 0) is 11.6 Å². The Morgan fingerprint density at radius 1 is 1.07 bits per heavy atom. The fourth-order valence-corrected chi connectivity index (χ4v) is 1.50. The third kappa shape index (κ3) is 2.53. The lowest BCUT2D eigenvalue weighted by Gasteiger charge is -2.08. The molecule has 1 aliphatic carbocycles. The maximum Gasteiger partial charge on any atom is 0.0420 e. The third-order valence-corrected chi connectivity index (χ3v) is 2.36. The molecule has 1 aromatic rings. The van der Waals surface area contributed by atoms with Crippen molar-refractivity contribution >= 4 is 11.8 Å². The molecule has 0 amide bonds. The highest BCUT2D eigenvalue weighted by molar-refractivity contribution is 5.98. The number of hydrogen-bond acceptors (Lipinski definition) is 1. The van der Waals surface area contributed by atoms with Crippen LogP contribution in [0, 0.1) is 11.3 Å². The molecule has 74 valence electrons. The maximum atomic E-state index is 7.72. The highest BCUT2D eigenvalue weighted by Crippen LogP contribution is 2.12. The number of hydrogen-bond donors (Lipinski definition) is 1. The quantitative estimate of drug-likeness (QED) is 0.747. The van der Waals surface area contributed by atoms with Crippen molar-refractivity contribution < 1.29 is 0 Å². The second-order valence-electron chi connectivity index (χ2n) is 3.49. The van der Waals surface area contributed by atoms with Gasteiger partial charge >= 0.3 is 0 Å². The van der Waals surface area contributed by atoms with E-state index in [9.17, 15) is 0 Å². The van der Waals surface area contributed by atoms with Crippen molar-refractivity contribution in [3.05, 3.63) is 66.3 Å². The average Bonchev–Trinajstić information content (AvgIpc) is 2.29. The summed E-state index contributed by atoms with van der Waals surface area (Å²) < 4.78 is 0. The number of rotatable bonds is 2. The zero-order valence-corrected chi connectivity index (χ0v) is 8.43. The molecule has 1 aliphatic rings. The summed E-state index contributed by atoms with van der Waals surface area (Å²) in [4.78, 5) is 0. The van der Waals surface area contributed by atoms with Crippen molar-refractivity contribution in [1.82, 2.24) is 0 Å². The van der Waals surface area contributed by atoms with E-state index in [4.69, 9.17) is 5.41 Å². The van der Waals surface area contributed by atoms with Gasteiger partial charge in [-0.25, -0.2) is 0 Å². The van der Waals surface area contributed by atoms with E-state index >= 15 is 0 Å². The van der Waals surface area contributed by atoms with Crippen molar-refractivity contribution in [3.63, 3.8) is 0 Å². The Balaban J connectivity index is 2.09. The molecule has 15 heavy (non-hydrogen) atoms. The Morgan fingerprint density at radius 2 is 1.87 bits per heavy atom. The zero-order valence-electron chi connectivity index (χ0n) is 8.43. The first-order valence-electron chi connectivity index (χ1n) is 5.03. The van der Waals surface area contributed by atoms with Crippen LogP contribution in [0.4, 0.5) is 0 Å². The first-order chi connectivity index (χ1) is 7.36. The Bertz CT molecular complexity index is 424. The van der Waals surface area contributed by atoms with Crippen LogP contribution in [0.1, 0.15) is 5.56 Å². The summed E-state index contributed by atoms with van der Waals surface area (Å²) >= 11 is 0. The largest absolute Gasteiger partial charge is 0.304 e. The fraction of sp³-hybridized carbons (Fsp3) is 0.0714. The molecule has 0 saturated heterocycles. The highest BCUT2D eigenvalue weighted by Gasteiger charge is 2.06. The third-order valence-electron chi connectivity index (χ3n) is 2.36. The van der Waals surface area contributed by atoms with E-state index < -0.39 is 0 Å². The summed E-state index contributed by atoms with van der Waals surface area (Å²) in [7, 11) is 0. The van der Waals surface area contributed by atoms with Gasteiger partial charge in [0, 0.05) is 11.6 Å². The maximum absolute atomic E-state index is 7.72. The predicted octanol–water partition coefficient (Wildman–Crippen LogP) is 3.46. The molecule has 1 nitrogen and oxygen atoms in total. The standard InChI is InChI=1S/C14H13N/c15-14-9-5-4-8-13(14)11-10-12-6-2-1-3-7-12/h1-11,13,15H/t13-/m1/s1. The number of nitrogens with one attached hydrogen (secondary N) is 1. The predicted molar refractivity (Wildman–Crippen MR) is 65.0 cm³/mol. The van der Waals surface area contributed by atoms with Gasteiger partial charge in [-0.15, -0.1) is 0 Å². The number of benzene rings is 1. The molecule has 1 aromatic carbocycles. The van der Waals surface area contributed by atoms with Gasteiger partial charge in [-0.1, -0.05) is 60.7 Å². The first kappa shape index (κ1) is 9.66. The second-order valence-corrected chi connectivity index (χ2v) is 3.49. The molecule has 0 unspecified atom stereocenters. The SMILES string of the molecule is N=C1C=CC=C[C@@H]1C=Cc1ccccc1. The van der Waals surface area contributed by atoms with Crippen LogP contribution < -0.4 is 0 Å². The molecular formula is C14H13N. The minimum Gasteiger partial charge on any atom is -0.304 e. The summed E-state index contributed by atoms with van der Waals surface area (Å²) in [6.45, 7) is 0. The molecule has 1 atom stereocenters. The van der Waals surface area contributed by atoms with Crippen molar-refractivity contribution in [2.24, 2.45) is 5.92 Å². The van der Waals surface area contributed by atoms with Gasteiger partial charge in [-0.3, -0.25) is 0 Å². The second kappa shape index (κ2) is 4.56. The topological polar surface area (TPSA) is 23.9 Å². The van der Waals surface area contributed by atoms with Gasteiger partial charge in [-0.2, -0.15) is 0 Å². The van der Waals surface area contributed by atoms with Crippen molar-refractivity contribution in [2.45, 2.75) is 0 Å². The summed E-state index contributed by atoms with van der Waals surface area (Å²) in [6, 6.07) is 10.1. The van der Waals surface area contributed by atoms with Crippen LogP contribution in [0.2, 0.25) is 0 Å². The number of allylic oxidation sites excluding steroid dienone is 5. The molecule has 1 N–H and O–H groups in total. The van der Waals surface area contributed by atoms with Gasteiger partial charge in [0.2, 0.25) is 0 Å². The van der Waals surface area contributed by atoms with Gasteiger partial charge in [0.25, 0.3) is 0 Å². The average molecular weight is 195 g/mol. The lowest BCUT2D eigenvalue weighted by molar-refractivity contribution is 1.12. The van der Waals surface area contributed by atoms with Crippen LogP contribution in [0.5, 0.6) is 0 Å². The molecule has 0 aromatic heterocycles.